The number of benzene rings is 1. The second-order valence-electron chi connectivity index (χ2n) is 5.86. The number of likely N-dealkylation sites (tertiary alicyclic amines) is 1. The summed E-state index contributed by atoms with van der Waals surface area (Å²) in [7, 11) is 0. The molecule has 7 heteroatoms. The molecule has 0 radical (unpaired) electrons. The minimum absolute atomic E-state index is 0.0835. The lowest BCUT2D eigenvalue weighted by molar-refractivity contribution is 0.0727. The van der Waals surface area contributed by atoms with Gasteiger partial charge in [-0.05, 0) is 49.2 Å². The molecule has 1 aromatic carbocycles. The molecule has 1 fully saturated rings. The topological polar surface area (TPSA) is 76.3 Å². The van der Waals surface area contributed by atoms with E-state index in [0.29, 0.717) is 23.9 Å². The normalized spacial score (nSPS) is 15.2. The van der Waals surface area contributed by atoms with Gasteiger partial charge in [0, 0.05) is 40.0 Å². The number of carbonyl (C=O) groups is 2. The Balaban J connectivity index is 1.58. The maximum Gasteiger partial charge on any atom is 0.267 e. The zero-order valence-electron chi connectivity index (χ0n) is 13.5. The van der Waals surface area contributed by atoms with Crippen molar-refractivity contribution in [2.24, 2.45) is 5.73 Å². The van der Waals surface area contributed by atoms with Crippen molar-refractivity contribution in [1.29, 1.82) is 0 Å². The zero-order chi connectivity index (χ0) is 17.8. The van der Waals surface area contributed by atoms with Crippen LogP contribution in [0.25, 0.3) is 0 Å². The van der Waals surface area contributed by atoms with Gasteiger partial charge in [0.05, 0.1) is 0 Å². The van der Waals surface area contributed by atoms with Crippen LogP contribution in [0.2, 0.25) is 5.02 Å². The molecule has 0 saturated carbocycles. The van der Waals surface area contributed by atoms with Crippen molar-refractivity contribution >= 4 is 35.2 Å². The van der Waals surface area contributed by atoms with Crippen LogP contribution >= 0.6 is 23.4 Å². The fraction of sp³-hybridized carbons (Fsp3) is 0.278. The fourth-order valence-electron chi connectivity index (χ4n) is 2.76. The minimum atomic E-state index is -0.632. The Hall–Kier alpha value is -2.05. The molecule has 1 aliphatic heterocycles. The lowest BCUT2D eigenvalue weighted by atomic mass is 10.1. The largest absolute Gasteiger partial charge is 0.364 e. The van der Waals surface area contributed by atoms with E-state index in [1.807, 2.05) is 40.9 Å². The van der Waals surface area contributed by atoms with Crippen molar-refractivity contribution in [2.45, 2.75) is 23.0 Å². The molecule has 0 aliphatic carbocycles. The maximum absolute atomic E-state index is 12.6. The van der Waals surface area contributed by atoms with Crippen LogP contribution in [0.4, 0.5) is 0 Å². The number of rotatable bonds is 4. The second kappa shape index (κ2) is 7.89. The van der Waals surface area contributed by atoms with Crippen LogP contribution in [0.3, 0.4) is 0 Å². The Morgan fingerprint density at radius 3 is 2.48 bits per heavy atom. The zero-order valence-corrected chi connectivity index (χ0v) is 15.1. The highest BCUT2D eigenvalue weighted by Crippen LogP contribution is 2.31. The van der Waals surface area contributed by atoms with E-state index < -0.39 is 5.91 Å². The second-order valence-corrected chi connectivity index (χ2v) is 7.67. The molecule has 5 nitrogen and oxygen atoms in total. The highest BCUT2D eigenvalue weighted by atomic mass is 35.5. The van der Waals surface area contributed by atoms with Gasteiger partial charge in [-0.1, -0.05) is 11.6 Å². The number of piperidine rings is 1. The van der Waals surface area contributed by atoms with Crippen LogP contribution < -0.4 is 5.73 Å². The first kappa shape index (κ1) is 17.8. The molecule has 0 atom stereocenters. The Labute approximate surface area is 155 Å². The summed E-state index contributed by atoms with van der Waals surface area (Å²) in [6.45, 7) is 1.39. The van der Waals surface area contributed by atoms with Gasteiger partial charge in [0.15, 0.2) is 0 Å². The van der Waals surface area contributed by atoms with Gasteiger partial charge in [0.1, 0.15) is 5.69 Å². The Kier molecular flexibility index (Phi) is 5.60. The Morgan fingerprint density at radius 1 is 1.16 bits per heavy atom. The van der Waals surface area contributed by atoms with Gasteiger partial charge in [-0.25, -0.2) is 0 Å². The van der Waals surface area contributed by atoms with E-state index in [9.17, 15) is 9.59 Å². The van der Waals surface area contributed by atoms with Crippen LogP contribution in [0, 0.1) is 0 Å². The first-order valence-corrected chi connectivity index (χ1v) is 9.26. The highest BCUT2D eigenvalue weighted by molar-refractivity contribution is 8.00. The van der Waals surface area contributed by atoms with E-state index in [2.05, 4.69) is 4.98 Å². The summed E-state index contributed by atoms with van der Waals surface area (Å²) >= 11 is 7.73. The lowest BCUT2D eigenvalue weighted by Crippen LogP contribution is -2.39. The molecule has 0 unspecified atom stereocenters. The van der Waals surface area contributed by atoms with Crippen molar-refractivity contribution in [3.8, 4) is 0 Å². The fourth-order valence-corrected chi connectivity index (χ4v) is 4.01. The van der Waals surface area contributed by atoms with E-state index in [1.165, 1.54) is 17.2 Å². The summed E-state index contributed by atoms with van der Waals surface area (Å²) in [5, 5.41) is 1.21. The summed E-state index contributed by atoms with van der Waals surface area (Å²) in [5.41, 5.74) is 5.79. The van der Waals surface area contributed by atoms with E-state index in [-0.39, 0.29) is 11.6 Å². The summed E-state index contributed by atoms with van der Waals surface area (Å²) in [6, 6.07) is 10.9. The smallest absolute Gasteiger partial charge is 0.267 e. The number of hydrogen-bond acceptors (Lipinski definition) is 4. The summed E-state index contributed by atoms with van der Waals surface area (Å²) in [4.78, 5) is 30.7. The van der Waals surface area contributed by atoms with Gasteiger partial charge in [0.2, 0.25) is 0 Å². The van der Waals surface area contributed by atoms with Crippen LogP contribution in [0.15, 0.2) is 47.5 Å². The molecule has 3 rings (SSSR count). The molecule has 1 aromatic heterocycles. The number of hydrogen-bond donors (Lipinski definition) is 1. The van der Waals surface area contributed by atoms with Crippen LogP contribution in [-0.4, -0.2) is 40.0 Å². The number of primary amides is 1. The average molecular weight is 376 g/mol. The Bertz CT molecular complexity index is 774. The molecule has 2 heterocycles. The molecular weight excluding hydrogens is 358 g/mol. The van der Waals surface area contributed by atoms with Crippen molar-refractivity contribution in [3.05, 3.63) is 58.9 Å². The Morgan fingerprint density at radius 2 is 1.84 bits per heavy atom. The third-order valence-electron chi connectivity index (χ3n) is 4.10. The summed E-state index contributed by atoms with van der Waals surface area (Å²) in [5.74, 6) is -0.715. The van der Waals surface area contributed by atoms with E-state index >= 15 is 0 Å². The molecule has 2 N–H and O–H groups in total. The van der Waals surface area contributed by atoms with Crippen LogP contribution in [0.1, 0.15) is 33.7 Å². The van der Waals surface area contributed by atoms with Crippen molar-refractivity contribution in [1.82, 2.24) is 9.88 Å². The molecule has 2 aromatic rings. The van der Waals surface area contributed by atoms with Crippen LogP contribution in [-0.2, 0) is 0 Å². The average Bonchev–Trinajstić information content (AvgIpc) is 2.64. The molecule has 1 saturated heterocycles. The van der Waals surface area contributed by atoms with Crippen molar-refractivity contribution in [3.63, 3.8) is 0 Å². The number of amides is 2. The number of nitrogens with zero attached hydrogens (tertiary/aromatic N) is 2. The van der Waals surface area contributed by atoms with Crippen molar-refractivity contribution < 1.29 is 9.59 Å². The maximum atomic E-state index is 12.6. The molecule has 2 amide bonds. The molecule has 0 spiro atoms. The lowest BCUT2D eigenvalue weighted by Gasteiger charge is -2.31. The first-order valence-electron chi connectivity index (χ1n) is 8.00. The summed E-state index contributed by atoms with van der Waals surface area (Å²) in [6.07, 6.45) is 3.29. The third-order valence-corrected chi connectivity index (χ3v) is 5.71. The summed E-state index contributed by atoms with van der Waals surface area (Å²) < 4.78 is 0. The van der Waals surface area contributed by atoms with Gasteiger partial charge in [-0.3, -0.25) is 14.6 Å². The number of carbonyl (C=O) groups excluding carboxylic acids is 2. The van der Waals surface area contributed by atoms with Gasteiger partial charge in [-0.15, -0.1) is 11.8 Å². The predicted octanol–water partition coefficient (Wildman–Crippen LogP) is 3.23. The number of aromatic nitrogens is 1. The van der Waals surface area contributed by atoms with E-state index in [0.717, 1.165) is 17.9 Å². The van der Waals surface area contributed by atoms with Gasteiger partial charge < -0.3 is 10.6 Å². The van der Waals surface area contributed by atoms with E-state index in [4.69, 9.17) is 17.3 Å². The molecular formula is C18H18ClN3O2S. The van der Waals surface area contributed by atoms with Crippen LogP contribution in [0.5, 0.6) is 0 Å². The monoisotopic (exact) mass is 375 g/mol. The third kappa shape index (κ3) is 4.52. The quantitative estimate of drug-likeness (QED) is 0.890. The van der Waals surface area contributed by atoms with Gasteiger partial charge in [-0.2, -0.15) is 0 Å². The standard InChI is InChI=1S/C18H18ClN3O2S/c19-13-1-3-14(4-2-13)25-15-6-9-22(10-7-15)18(24)12-5-8-21-16(11-12)17(20)23/h1-5,8,11,15H,6-7,9-10H2,(H2,20,23). The SMILES string of the molecule is NC(=O)c1cc(C(=O)N2CCC(Sc3ccc(Cl)cc3)CC2)ccn1. The van der Waals surface area contributed by atoms with Gasteiger partial charge in [0.25, 0.3) is 11.8 Å². The number of pyridine rings is 1. The predicted molar refractivity (Wildman–Crippen MR) is 99.0 cm³/mol. The van der Waals surface area contributed by atoms with Gasteiger partial charge >= 0.3 is 0 Å². The minimum Gasteiger partial charge on any atom is -0.364 e. The molecule has 0 bridgehead atoms. The highest BCUT2D eigenvalue weighted by Gasteiger charge is 2.24. The van der Waals surface area contributed by atoms with E-state index in [1.54, 1.807) is 6.07 Å². The number of nitrogens with two attached hydrogens (primary N) is 1. The molecule has 130 valence electrons. The number of halogens is 1. The molecule has 1 aliphatic rings. The molecule has 25 heavy (non-hydrogen) atoms. The first-order chi connectivity index (χ1) is 12.0. The number of thioether (sulfide) groups is 1. The van der Waals surface area contributed by atoms with Crippen molar-refractivity contribution in [2.75, 3.05) is 13.1 Å².